The van der Waals surface area contributed by atoms with E-state index in [1.165, 1.54) is 50.5 Å². The number of sulfonamides is 2. The Labute approximate surface area is 162 Å². The van der Waals surface area contributed by atoms with Crippen molar-refractivity contribution in [3.05, 3.63) is 47.0 Å². The molecule has 0 aliphatic carbocycles. The summed E-state index contributed by atoms with van der Waals surface area (Å²) in [6, 6.07) is 8.05. The van der Waals surface area contributed by atoms with E-state index >= 15 is 0 Å². The van der Waals surface area contributed by atoms with Crippen LogP contribution in [0.15, 0.2) is 46.2 Å². The maximum absolute atomic E-state index is 12.7. The molecule has 1 aliphatic heterocycles. The van der Waals surface area contributed by atoms with Gasteiger partial charge in [-0.3, -0.25) is 9.52 Å². The van der Waals surface area contributed by atoms with E-state index in [0.29, 0.717) is 11.3 Å². The van der Waals surface area contributed by atoms with Crippen LogP contribution in [0.4, 0.5) is 11.4 Å². The molecule has 0 spiro atoms. The largest absolute Gasteiger partial charge is 0.325 e. The molecule has 0 radical (unpaired) electrons. The highest BCUT2D eigenvalue weighted by Crippen LogP contribution is 2.33. The Morgan fingerprint density at radius 3 is 2.30 bits per heavy atom. The highest BCUT2D eigenvalue weighted by Gasteiger charge is 2.25. The van der Waals surface area contributed by atoms with Crippen LogP contribution < -0.4 is 10.0 Å². The van der Waals surface area contributed by atoms with Gasteiger partial charge in [-0.1, -0.05) is 11.6 Å². The van der Waals surface area contributed by atoms with Gasteiger partial charge in [0.15, 0.2) is 0 Å². The lowest BCUT2D eigenvalue weighted by atomic mass is 10.2. The van der Waals surface area contributed by atoms with E-state index in [4.69, 9.17) is 11.6 Å². The second kappa shape index (κ2) is 6.79. The van der Waals surface area contributed by atoms with Crippen LogP contribution in [0.2, 0.25) is 5.02 Å². The third kappa shape index (κ3) is 3.79. The van der Waals surface area contributed by atoms with Crippen molar-refractivity contribution in [3.8, 4) is 0 Å². The fourth-order valence-corrected chi connectivity index (χ4v) is 5.09. The number of carbonyl (C=O) groups excluding carboxylic acids is 1. The summed E-state index contributed by atoms with van der Waals surface area (Å²) in [6.07, 6.45) is 0.0755. The molecule has 0 bridgehead atoms. The summed E-state index contributed by atoms with van der Waals surface area (Å²) in [5, 5.41) is 2.56. The average Bonchev–Trinajstić information content (AvgIpc) is 2.93. The molecule has 0 atom stereocenters. The Balaban J connectivity index is 1.90. The minimum Gasteiger partial charge on any atom is -0.325 e. The van der Waals surface area contributed by atoms with Crippen molar-refractivity contribution in [1.82, 2.24) is 4.31 Å². The lowest BCUT2D eigenvalue weighted by molar-refractivity contribution is -0.115. The quantitative estimate of drug-likeness (QED) is 0.753. The predicted octanol–water partition coefficient (Wildman–Crippen LogP) is 1.89. The number of anilines is 2. The van der Waals surface area contributed by atoms with Gasteiger partial charge in [0, 0.05) is 25.5 Å². The molecular formula is C16H16ClN3O5S2. The van der Waals surface area contributed by atoms with E-state index in [1.807, 2.05) is 0 Å². The standard InChI is InChI=1S/C16H16ClN3O5S2/c1-20(2)27(24,25)12-5-3-11(4-6-12)19-26(22,23)15-7-10-8-16(21)18-14(10)9-13(15)17/h3-7,9,19H,8H2,1-2H3,(H,18,21). The normalized spacial score (nSPS) is 14.1. The maximum Gasteiger partial charge on any atom is 0.263 e. The fourth-order valence-electron chi connectivity index (χ4n) is 2.55. The SMILES string of the molecule is CN(C)S(=O)(=O)c1ccc(NS(=O)(=O)c2cc3c(cc2Cl)NC(=O)C3)cc1. The van der Waals surface area contributed by atoms with Crippen LogP contribution in [-0.4, -0.2) is 41.1 Å². The van der Waals surface area contributed by atoms with Gasteiger partial charge in [-0.15, -0.1) is 0 Å². The molecule has 2 aromatic carbocycles. The highest BCUT2D eigenvalue weighted by atomic mass is 35.5. The van der Waals surface area contributed by atoms with Gasteiger partial charge in [-0.25, -0.2) is 21.1 Å². The number of halogens is 1. The van der Waals surface area contributed by atoms with Gasteiger partial charge in [-0.2, -0.15) is 0 Å². The zero-order chi connectivity index (χ0) is 20.0. The number of benzene rings is 2. The van der Waals surface area contributed by atoms with Crippen LogP contribution in [0.3, 0.4) is 0 Å². The van der Waals surface area contributed by atoms with Crippen LogP contribution in [0, 0.1) is 0 Å². The number of amides is 1. The smallest absolute Gasteiger partial charge is 0.263 e. The molecule has 2 aromatic rings. The Kier molecular flexibility index (Phi) is 4.93. The molecule has 0 unspecified atom stereocenters. The minimum absolute atomic E-state index is 0.0322. The average molecular weight is 430 g/mol. The highest BCUT2D eigenvalue weighted by molar-refractivity contribution is 7.92. The third-order valence-electron chi connectivity index (χ3n) is 3.96. The Morgan fingerprint density at radius 2 is 1.70 bits per heavy atom. The molecule has 8 nitrogen and oxygen atoms in total. The summed E-state index contributed by atoms with van der Waals surface area (Å²) < 4.78 is 52.9. The van der Waals surface area contributed by atoms with E-state index in [2.05, 4.69) is 10.0 Å². The molecule has 144 valence electrons. The van der Waals surface area contributed by atoms with Gasteiger partial charge >= 0.3 is 0 Å². The van der Waals surface area contributed by atoms with Crippen LogP contribution in [0.1, 0.15) is 5.56 Å². The number of carbonyl (C=O) groups is 1. The molecule has 1 aliphatic rings. The maximum atomic E-state index is 12.7. The zero-order valence-electron chi connectivity index (χ0n) is 14.4. The predicted molar refractivity (Wildman–Crippen MR) is 102 cm³/mol. The molecule has 0 fully saturated rings. The monoisotopic (exact) mass is 429 g/mol. The molecule has 0 saturated heterocycles. The molecule has 2 N–H and O–H groups in total. The molecule has 11 heteroatoms. The van der Waals surface area contributed by atoms with Crippen molar-refractivity contribution in [2.45, 2.75) is 16.2 Å². The lowest BCUT2D eigenvalue weighted by Gasteiger charge is -2.13. The van der Waals surface area contributed by atoms with E-state index in [1.54, 1.807) is 0 Å². The van der Waals surface area contributed by atoms with Gasteiger partial charge in [0.1, 0.15) is 4.90 Å². The minimum atomic E-state index is -4.03. The van der Waals surface area contributed by atoms with Gasteiger partial charge in [-0.05, 0) is 42.0 Å². The van der Waals surface area contributed by atoms with Crippen molar-refractivity contribution in [3.63, 3.8) is 0 Å². The molecular weight excluding hydrogens is 414 g/mol. The summed E-state index contributed by atoms with van der Waals surface area (Å²) in [5.41, 5.74) is 1.21. The van der Waals surface area contributed by atoms with Gasteiger partial charge in [0.05, 0.1) is 16.3 Å². The first-order chi connectivity index (χ1) is 12.5. The molecule has 1 amide bonds. The number of rotatable bonds is 5. The Hall–Kier alpha value is -2.14. The molecule has 3 rings (SSSR count). The molecule has 27 heavy (non-hydrogen) atoms. The summed E-state index contributed by atoms with van der Waals surface area (Å²) >= 11 is 6.07. The van der Waals surface area contributed by atoms with Crippen molar-refractivity contribution in [2.24, 2.45) is 0 Å². The molecule has 1 heterocycles. The Bertz CT molecular complexity index is 1130. The summed E-state index contributed by atoms with van der Waals surface area (Å²) in [4.78, 5) is 11.3. The Morgan fingerprint density at radius 1 is 1.07 bits per heavy atom. The van der Waals surface area contributed by atoms with Crippen molar-refractivity contribution in [1.29, 1.82) is 0 Å². The van der Waals surface area contributed by atoms with Crippen molar-refractivity contribution < 1.29 is 21.6 Å². The van der Waals surface area contributed by atoms with Crippen molar-refractivity contribution in [2.75, 3.05) is 24.1 Å². The first-order valence-corrected chi connectivity index (χ1v) is 11.0. The fraction of sp³-hybridized carbons (Fsp3) is 0.188. The number of nitrogens with one attached hydrogen (secondary N) is 2. The zero-order valence-corrected chi connectivity index (χ0v) is 16.7. The van der Waals surface area contributed by atoms with Crippen LogP contribution in [0.5, 0.6) is 0 Å². The van der Waals surface area contributed by atoms with Gasteiger partial charge in [0.2, 0.25) is 15.9 Å². The number of nitrogens with zero attached hydrogens (tertiary/aromatic N) is 1. The van der Waals surface area contributed by atoms with E-state index in [0.717, 1.165) is 4.31 Å². The molecule has 0 aromatic heterocycles. The number of fused-ring (bicyclic) bond motifs is 1. The number of hydrogen-bond acceptors (Lipinski definition) is 5. The first-order valence-electron chi connectivity index (χ1n) is 7.68. The number of hydrogen-bond donors (Lipinski definition) is 2. The first kappa shape index (κ1) is 19.6. The van der Waals surface area contributed by atoms with Crippen LogP contribution in [-0.2, 0) is 31.3 Å². The van der Waals surface area contributed by atoms with Gasteiger partial charge in [0.25, 0.3) is 10.0 Å². The van der Waals surface area contributed by atoms with Crippen LogP contribution in [0.25, 0.3) is 0 Å². The van der Waals surface area contributed by atoms with E-state index in [-0.39, 0.29) is 32.8 Å². The topological polar surface area (TPSA) is 113 Å². The molecule has 0 saturated carbocycles. The summed E-state index contributed by atoms with van der Waals surface area (Å²) in [5.74, 6) is -0.235. The van der Waals surface area contributed by atoms with Crippen molar-refractivity contribution >= 4 is 48.9 Å². The van der Waals surface area contributed by atoms with Gasteiger partial charge < -0.3 is 5.32 Å². The third-order valence-corrected chi connectivity index (χ3v) is 7.63. The van der Waals surface area contributed by atoms with E-state index in [9.17, 15) is 21.6 Å². The summed E-state index contributed by atoms with van der Waals surface area (Å²) in [7, 11) is -4.83. The lowest BCUT2D eigenvalue weighted by Crippen LogP contribution is -2.22. The van der Waals surface area contributed by atoms with Crippen LogP contribution >= 0.6 is 11.6 Å². The second-order valence-corrected chi connectivity index (χ2v) is 10.3. The van der Waals surface area contributed by atoms with E-state index < -0.39 is 20.0 Å². The summed E-state index contributed by atoms with van der Waals surface area (Å²) in [6.45, 7) is 0. The second-order valence-electron chi connectivity index (χ2n) is 6.08.